The summed E-state index contributed by atoms with van der Waals surface area (Å²) in [6, 6.07) is 3.70. The molecule has 0 fully saturated rings. The Hall–Kier alpha value is -1.58. The molecule has 0 spiro atoms. The number of unbranched alkanes of at least 4 members (excludes halogenated alkanes) is 2. The summed E-state index contributed by atoms with van der Waals surface area (Å²) in [4.78, 5) is 18.1. The number of rotatable bonds is 8. The van der Waals surface area contributed by atoms with Crippen molar-refractivity contribution in [3.05, 3.63) is 24.0 Å². The van der Waals surface area contributed by atoms with Gasteiger partial charge in [0.2, 0.25) is 0 Å². The zero-order valence-electron chi connectivity index (χ0n) is 12.3. The lowest BCUT2D eigenvalue weighted by molar-refractivity contribution is 0.0787. The molecule has 1 rings (SSSR count). The second kappa shape index (κ2) is 8.51. The van der Waals surface area contributed by atoms with Crippen LogP contribution in [-0.2, 0) is 0 Å². The van der Waals surface area contributed by atoms with Crippen LogP contribution in [0.25, 0.3) is 0 Å². The van der Waals surface area contributed by atoms with Gasteiger partial charge in [0.05, 0.1) is 11.9 Å². The SMILES string of the molecule is CCCCCN(C)C(=O)c1ccc(NCCC)cn1. The Balaban J connectivity index is 2.52. The molecule has 1 N–H and O–H groups in total. The van der Waals surface area contributed by atoms with Crippen molar-refractivity contribution in [2.24, 2.45) is 0 Å². The number of nitrogens with one attached hydrogen (secondary N) is 1. The molecule has 4 nitrogen and oxygen atoms in total. The van der Waals surface area contributed by atoms with Crippen molar-refractivity contribution in [3.8, 4) is 0 Å². The number of nitrogens with zero attached hydrogens (tertiary/aromatic N) is 2. The van der Waals surface area contributed by atoms with Crippen LogP contribution in [0.3, 0.4) is 0 Å². The Kier molecular flexibility index (Phi) is 6.93. The number of hydrogen-bond donors (Lipinski definition) is 1. The lowest BCUT2D eigenvalue weighted by atomic mass is 10.2. The standard InChI is InChI=1S/C15H25N3O/c1-4-6-7-11-18(3)15(19)14-9-8-13(12-17-14)16-10-5-2/h8-9,12,16H,4-7,10-11H2,1-3H3. The molecular formula is C15H25N3O. The molecule has 106 valence electrons. The van der Waals surface area contributed by atoms with Gasteiger partial charge >= 0.3 is 0 Å². The van der Waals surface area contributed by atoms with Gasteiger partial charge in [-0.3, -0.25) is 4.79 Å². The highest BCUT2D eigenvalue weighted by Gasteiger charge is 2.12. The molecule has 4 heteroatoms. The first kappa shape index (κ1) is 15.5. The van der Waals surface area contributed by atoms with E-state index >= 15 is 0 Å². The number of carbonyl (C=O) groups excluding carboxylic acids is 1. The van der Waals surface area contributed by atoms with E-state index in [0.717, 1.165) is 44.5 Å². The maximum absolute atomic E-state index is 12.1. The van der Waals surface area contributed by atoms with Gasteiger partial charge in [-0.2, -0.15) is 0 Å². The molecular weight excluding hydrogens is 238 g/mol. The zero-order chi connectivity index (χ0) is 14.1. The minimum absolute atomic E-state index is 0.00172. The number of pyridine rings is 1. The van der Waals surface area contributed by atoms with Crippen LogP contribution in [0.5, 0.6) is 0 Å². The van der Waals surface area contributed by atoms with Gasteiger partial charge in [0.1, 0.15) is 5.69 Å². The third-order valence-electron chi connectivity index (χ3n) is 3.01. The van der Waals surface area contributed by atoms with Crippen LogP contribution in [0.15, 0.2) is 18.3 Å². The average molecular weight is 263 g/mol. The summed E-state index contributed by atoms with van der Waals surface area (Å²) in [5.74, 6) is -0.00172. The van der Waals surface area contributed by atoms with E-state index in [1.54, 1.807) is 17.2 Å². The highest BCUT2D eigenvalue weighted by atomic mass is 16.2. The molecule has 0 saturated heterocycles. The van der Waals surface area contributed by atoms with Crippen molar-refractivity contribution in [1.82, 2.24) is 9.88 Å². The molecule has 1 amide bonds. The Morgan fingerprint density at radius 3 is 2.63 bits per heavy atom. The van der Waals surface area contributed by atoms with E-state index < -0.39 is 0 Å². The summed E-state index contributed by atoms with van der Waals surface area (Å²) in [6.45, 7) is 5.99. The molecule has 1 heterocycles. The number of anilines is 1. The van der Waals surface area contributed by atoms with Gasteiger partial charge in [0.25, 0.3) is 5.91 Å². The van der Waals surface area contributed by atoms with E-state index in [0.29, 0.717) is 5.69 Å². The fraction of sp³-hybridized carbons (Fsp3) is 0.600. The highest BCUT2D eigenvalue weighted by molar-refractivity contribution is 5.92. The van der Waals surface area contributed by atoms with Crippen LogP contribution in [0.4, 0.5) is 5.69 Å². The summed E-state index contributed by atoms with van der Waals surface area (Å²) < 4.78 is 0. The van der Waals surface area contributed by atoms with Crippen molar-refractivity contribution >= 4 is 11.6 Å². The maximum atomic E-state index is 12.1. The van der Waals surface area contributed by atoms with Crippen LogP contribution in [0, 0.1) is 0 Å². The first-order valence-electron chi connectivity index (χ1n) is 7.14. The quantitative estimate of drug-likeness (QED) is 0.733. The van der Waals surface area contributed by atoms with Crippen LogP contribution in [0.1, 0.15) is 50.0 Å². The van der Waals surface area contributed by atoms with E-state index in [9.17, 15) is 4.79 Å². The smallest absolute Gasteiger partial charge is 0.272 e. The normalized spacial score (nSPS) is 10.3. The van der Waals surface area contributed by atoms with Gasteiger partial charge in [0, 0.05) is 20.1 Å². The third-order valence-corrected chi connectivity index (χ3v) is 3.01. The second-order valence-electron chi connectivity index (χ2n) is 4.79. The first-order chi connectivity index (χ1) is 9.19. The van der Waals surface area contributed by atoms with Crippen molar-refractivity contribution in [2.75, 3.05) is 25.5 Å². The van der Waals surface area contributed by atoms with Crippen molar-refractivity contribution in [2.45, 2.75) is 39.5 Å². The van der Waals surface area contributed by atoms with Gasteiger partial charge in [-0.05, 0) is 25.0 Å². The number of hydrogen-bond acceptors (Lipinski definition) is 3. The zero-order valence-corrected chi connectivity index (χ0v) is 12.3. The summed E-state index contributed by atoms with van der Waals surface area (Å²) >= 11 is 0. The van der Waals surface area contributed by atoms with Crippen LogP contribution < -0.4 is 5.32 Å². The van der Waals surface area contributed by atoms with Crippen molar-refractivity contribution in [3.63, 3.8) is 0 Å². The fourth-order valence-electron chi connectivity index (χ4n) is 1.79. The maximum Gasteiger partial charge on any atom is 0.272 e. The van der Waals surface area contributed by atoms with Crippen LogP contribution >= 0.6 is 0 Å². The van der Waals surface area contributed by atoms with E-state index in [1.165, 1.54) is 0 Å². The molecule has 0 aliphatic carbocycles. The molecule has 0 aromatic carbocycles. The minimum atomic E-state index is -0.00172. The van der Waals surface area contributed by atoms with Gasteiger partial charge < -0.3 is 10.2 Å². The molecule has 0 radical (unpaired) electrons. The third kappa shape index (κ3) is 5.28. The van der Waals surface area contributed by atoms with E-state index in [-0.39, 0.29) is 5.91 Å². The Bertz CT molecular complexity index is 375. The largest absolute Gasteiger partial charge is 0.384 e. The lowest BCUT2D eigenvalue weighted by Gasteiger charge is -2.16. The van der Waals surface area contributed by atoms with Crippen LogP contribution in [0.2, 0.25) is 0 Å². The molecule has 0 atom stereocenters. The molecule has 0 aliphatic heterocycles. The van der Waals surface area contributed by atoms with Crippen LogP contribution in [-0.4, -0.2) is 35.9 Å². The minimum Gasteiger partial charge on any atom is -0.384 e. The molecule has 0 unspecified atom stereocenters. The number of amides is 1. The molecule has 0 aliphatic rings. The summed E-state index contributed by atoms with van der Waals surface area (Å²) in [5.41, 5.74) is 1.48. The average Bonchev–Trinajstić information content (AvgIpc) is 2.45. The van der Waals surface area contributed by atoms with E-state index in [2.05, 4.69) is 24.1 Å². The predicted molar refractivity (Wildman–Crippen MR) is 79.5 cm³/mol. The number of carbonyl (C=O) groups is 1. The van der Waals surface area contributed by atoms with Gasteiger partial charge in [-0.25, -0.2) is 4.98 Å². The molecule has 1 aromatic rings. The lowest BCUT2D eigenvalue weighted by Crippen LogP contribution is -2.28. The van der Waals surface area contributed by atoms with Crippen molar-refractivity contribution in [1.29, 1.82) is 0 Å². The Morgan fingerprint density at radius 2 is 2.05 bits per heavy atom. The summed E-state index contributed by atoms with van der Waals surface area (Å²) in [7, 11) is 1.84. The monoisotopic (exact) mass is 263 g/mol. The number of aromatic nitrogens is 1. The molecule has 0 bridgehead atoms. The molecule has 0 saturated carbocycles. The van der Waals surface area contributed by atoms with E-state index in [4.69, 9.17) is 0 Å². The Labute approximate surface area is 116 Å². The summed E-state index contributed by atoms with van der Waals surface area (Å²) in [6.07, 6.45) is 6.17. The molecule has 19 heavy (non-hydrogen) atoms. The van der Waals surface area contributed by atoms with Crippen molar-refractivity contribution < 1.29 is 4.79 Å². The van der Waals surface area contributed by atoms with Gasteiger partial charge in [0.15, 0.2) is 0 Å². The first-order valence-corrected chi connectivity index (χ1v) is 7.14. The predicted octanol–water partition coefficient (Wildman–Crippen LogP) is 3.17. The van der Waals surface area contributed by atoms with E-state index in [1.807, 2.05) is 13.1 Å². The topological polar surface area (TPSA) is 45.2 Å². The second-order valence-corrected chi connectivity index (χ2v) is 4.79. The van der Waals surface area contributed by atoms with Gasteiger partial charge in [-0.1, -0.05) is 26.7 Å². The fourth-order valence-corrected chi connectivity index (χ4v) is 1.79. The summed E-state index contributed by atoms with van der Waals surface area (Å²) in [5, 5.41) is 3.24. The Morgan fingerprint density at radius 1 is 1.26 bits per heavy atom. The van der Waals surface area contributed by atoms with Gasteiger partial charge in [-0.15, -0.1) is 0 Å². The molecule has 1 aromatic heterocycles. The highest BCUT2D eigenvalue weighted by Crippen LogP contribution is 2.08.